The van der Waals surface area contributed by atoms with Gasteiger partial charge in [-0.1, -0.05) is 12.1 Å². The number of nitrogens with zero attached hydrogens (tertiary/aromatic N) is 2. The zero-order chi connectivity index (χ0) is 18.9. The molecule has 2 aliphatic rings. The first-order valence-corrected chi connectivity index (χ1v) is 9.16. The van der Waals surface area contributed by atoms with Gasteiger partial charge in [0.1, 0.15) is 5.82 Å². The molecule has 1 atom stereocenters. The number of aromatic amines is 1. The van der Waals surface area contributed by atoms with Crippen LogP contribution in [-0.4, -0.2) is 53.9 Å². The van der Waals surface area contributed by atoms with Crippen molar-refractivity contribution >= 4 is 0 Å². The standard InChI is InChI=1S/C19H22F3N3O2/c20-19(21,22)14-3-1-13(2-4-14)16-11-23-18(24-16)17-12-27-10-7-25(17)15-5-8-26-9-6-15/h1-4,11,15,17H,5-10,12H2,(H,23,24)/t17-/m0/s1. The number of morpholine rings is 1. The number of ether oxygens (including phenoxy) is 2. The molecule has 27 heavy (non-hydrogen) atoms. The second kappa shape index (κ2) is 7.61. The van der Waals surface area contributed by atoms with Gasteiger partial charge in [-0.05, 0) is 30.5 Å². The van der Waals surface area contributed by atoms with Gasteiger partial charge < -0.3 is 14.5 Å². The van der Waals surface area contributed by atoms with Crippen LogP contribution in [-0.2, 0) is 15.7 Å². The molecule has 0 bridgehead atoms. The summed E-state index contributed by atoms with van der Waals surface area (Å²) in [7, 11) is 0. The normalized spacial score (nSPS) is 22.9. The SMILES string of the molecule is FC(F)(F)c1ccc(-c2cnc([C@@H]3COCCN3C3CCOCC3)[nH]2)cc1. The van der Waals surface area contributed by atoms with Crippen LogP contribution in [0.3, 0.4) is 0 Å². The van der Waals surface area contributed by atoms with E-state index in [2.05, 4.69) is 14.9 Å². The Kier molecular flexibility index (Phi) is 5.21. The quantitative estimate of drug-likeness (QED) is 0.882. The van der Waals surface area contributed by atoms with E-state index in [1.165, 1.54) is 12.1 Å². The smallest absolute Gasteiger partial charge is 0.381 e. The molecular formula is C19H22F3N3O2. The molecule has 0 radical (unpaired) electrons. The Hall–Kier alpha value is -1.90. The minimum Gasteiger partial charge on any atom is -0.381 e. The number of aromatic nitrogens is 2. The van der Waals surface area contributed by atoms with Gasteiger partial charge in [0.05, 0.1) is 36.7 Å². The van der Waals surface area contributed by atoms with Crippen LogP contribution >= 0.6 is 0 Å². The Morgan fingerprint density at radius 1 is 1.04 bits per heavy atom. The largest absolute Gasteiger partial charge is 0.416 e. The van der Waals surface area contributed by atoms with Gasteiger partial charge in [0.15, 0.2) is 0 Å². The third-order valence-corrected chi connectivity index (χ3v) is 5.26. The van der Waals surface area contributed by atoms with E-state index in [0.717, 1.165) is 50.6 Å². The summed E-state index contributed by atoms with van der Waals surface area (Å²) in [6, 6.07) is 5.57. The number of H-pyrrole nitrogens is 1. The predicted octanol–water partition coefficient (Wildman–Crippen LogP) is 3.65. The topological polar surface area (TPSA) is 50.4 Å². The molecule has 0 amide bonds. The average molecular weight is 381 g/mol. The van der Waals surface area contributed by atoms with E-state index >= 15 is 0 Å². The van der Waals surface area contributed by atoms with Crippen LogP contribution in [0.4, 0.5) is 13.2 Å². The molecule has 5 nitrogen and oxygen atoms in total. The molecule has 2 aliphatic heterocycles. The number of rotatable bonds is 3. The third-order valence-electron chi connectivity index (χ3n) is 5.26. The molecule has 146 valence electrons. The second-order valence-electron chi connectivity index (χ2n) is 6.93. The van der Waals surface area contributed by atoms with Gasteiger partial charge in [0.2, 0.25) is 0 Å². The van der Waals surface area contributed by atoms with Gasteiger partial charge in [0, 0.05) is 25.8 Å². The van der Waals surface area contributed by atoms with Crippen molar-refractivity contribution < 1.29 is 22.6 Å². The van der Waals surface area contributed by atoms with E-state index in [-0.39, 0.29) is 6.04 Å². The first kappa shape index (κ1) is 18.5. The highest BCUT2D eigenvalue weighted by atomic mass is 19.4. The summed E-state index contributed by atoms with van der Waals surface area (Å²) in [6.07, 6.45) is -0.679. The van der Waals surface area contributed by atoms with Crippen molar-refractivity contribution in [2.45, 2.75) is 31.1 Å². The maximum Gasteiger partial charge on any atom is 0.416 e. The van der Waals surface area contributed by atoms with Crippen molar-refractivity contribution in [3.05, 3.63) is 41.9 Å². The fraction of sp³-hybridized carbons (Fsp3) is 0.526. The number of hydrogen-bond donors (Lipinski definition) is 1. The van der Waals surface area contributed by atoms with Gasteiger partial charge >= 0.3 is 6.18 Å². The van der Waals surface area contributed by atoms with Crippen LogP contribution in [0.5, 0.6) is 0 Å². The van der Waals surface area contributed by atoms with Crippen LogP contribution in [0.15, 0.2) is 30.5 Å². The van der Waals surface area contributed by atoms with Crippen molar-refractivity contribution in [1.82, 2.24) is 14.9 Å². The van der Waals surface area contributed by atoms with E-state index in [4.69, 9.17) is 9.47 Å². The van der Waals surface area contributed by atoms with Crippen molar-refractivity contribution in [3.63, 3.8) is 0 Å². The molecule has 3 heterocycles. The molecule has 1 N–H and O–H groups in total. The molecule has 4 rings (SSSR count). The van der Waals surface area contributed by atoms with E-state index in [1.54, 1.807) is 6.20 Å². The molecule has 2 fully saturated rings. The first-order valence-electron chi connectivity index (χ1n) is 9.16. The molecule has 2 aromatic rings. The number of nitrogens with one attached hydrogen (secondary N) is 1. The fourth-order valence-corrected chi connectivity index (χ4v) is 3.80. The minimum absolute atomic E-state index is 0.0186. The molecule has 0 unspecified atom stereocenters. The van der Waals surface area contributed by atoms with E-state index in [0.29, 0.717) is 30.5 Å². The van der Waals surface area contributed by atoms with Crippen LogP contribution in [0.25, 0.3) is 11.3 Å². The minimum atomic E-state index is -4.33. The Morgan fingerprint density at radius 3 is 2.48 bits per heavy atom. The van der Waals surface area contributed by atoms with Crippen LogP contribution in [0.2, 0.25) is 0 Å². The molecule has 0 spiro atoms. The van der Waals surface area contributed by atoms with Gasteiger partial charge in [-0.3, -0.25) is 4.90 Å². The number of alkyl halides is 3. The van der Waals surface area contributed by atoms with E-state index in [1.807, 2.05) is 0 Å². The first-order chi connectivity index (χ1) is 13.0. The van der Waals surface area contributed by atoms with E-state index in [9.17, 15) is 13.2 Å². The van der Waals surface area contributed by atoms with Gasteiger partial charge in [-0.25, -0.2) is 4.98 Å². The summed E-state index contributed by atoms with van der Waals surface area (Å²) in [5.41, 5.74) is 0.727. The van der Waals surface area contributed by atoms with Crippen molar-refractivity contribution in [3.8, 4) is 11.3 Å². The molecular weight excluding hydrogens is 359 g/mol. The maximum absolute atomic E-state index is 12.7. The lowest BCUT2D eigenvalue weighted by Crippen LogP contribution is -2.48. The molecule has 0 saturated carbocycles. The molecule has 1 aromatic heterocycles. The van der Waals surface area contributed by atoms with Crippen molar-refractivity contribution in [2.75, 3.05) is 33.0 Å². The average Bonchev–Trinajstić information content (AvgIpc) is 3.18. The Bertz CT molecular complexity index is 754. The summed E-state index contributed by atoms with van der Waals surface area (Å²) >= 11 is 0. The van der Waals surface area contributed by atoms with Crippen LogP contribution < -0.4 is 0 Å². The van der Waals surface area contributed by atoms with Crippen molar-refractivity contribution in [2.24, 2.45) is 0 Å². The Labute approximate surface area is 155 Å². The van der Waals surface area contributed by atoms with E-state index < -0.39 is 11.7 Å². The number of hydrogen-bond acceptors (Lipinski definition) is 4. The Morgan fingerprint density at radius 2 is 1.78 bits per heavy atom. The number of halogens is 3. The fourth-order valence-electron chi connectivity index (χ4n) is 3.80. The molecule has 1 aromatic carbocycles. The van der Waals surface area contributed by atoms with Gasteiger partial charge in [-0.15, -0.1) is 0 Å². The predicted molar refractivity (Wildman–Crippen MR) is 93.1 cm³/mol. The summed E-state index contributed by atoms with van der Waals surface area (Å²) in [6.45, 7) is 3.62. The van der Waals surface area contributed by atoms with Crippen molar-refractivity contribution in [1.29, 1.82) is 0 Å². The zero-order valence-electron chi connectivity index (χ0n) is 14.8. The van der Waals surface area contributed by atoms with Gasteiger partial charge in [0.25, 0.3) is 0 Å². The lowest BCUT2D eigenvalue weighted by molar-refractivity contribution is -0.137. The maximum atomic E-state index is 12.7. The third kappa shape index (κ3) is 4.02. The molecule has 8 heteroatoms. The summed E-state index contributed by atoms with van der Waals surface area (Å²) in [5.74, 6) is 0.788. The van der Waals surface area contributed by atoms with Crippen LogP contribution in [0, 0.1) is 0 Å². The lowest BCUT2D eigenvalue weighted by atomic mass is 10.0. The summed E-state index contributed by atoms with van der Waals surface area (Å²) < 4.78 is 49.4. The highest BCUT2D eigenvalue weighted by Gasteiger charge is 2.33. The molecule has 0 aliphatic carbocycles. The number of imidazole rings is 1. The second-order valence-corrected chi connectivity index (χ2v) is 6.93. The summed E-state index contributed by atoms with van der Waals surface area (Å²) in [5, 5.41) is 0. The molecule has 2 saturated heterocycles. The van der Waals surface area contributed by atoms with Gasteiger partial charge in [-0.2, -0.15) is 13.2 Å². The highest BCUT2D eigenvalue weighted by molar-refractivity contribution is 5.59. The monoisotopic (exact) mass is 381 g/mol. The Balaban J connectivity index is 1.53. The highest BCUT2D eigenvalue weighted by Crippen LogP contribution is 2.32. The zero-order valence-corrected chi connectivity index (χ0v) is 14.8. The van der Waals surface area contributed by atoms with Crippen LogP contribution in [0.1, 0.15) is 30.3 Å². The number of benzene rings is 1. The lowest BCUT2D eigenvalue weighted by Gasteiger charge is -2.41. The summed E-state index contributed by atoms with van der Waals surface area (Å²) in [4.78, 5) is 10.2.